The van der Waals surface area contributed by atoms with Gasteiger partial charge >= 0.3 is 0 Å². The van der Waals surface area contributed by atoms with E-state index in [-0.39, 0.29) is 11.9 Å². The molecule has 3 N–H and O–H groups in total. The molecule has 0 bridgehead atoms. The van der Waals surface area contributed by atoms with Crippen molar-refractivity contribution < 1.29 is 14.6 Å². The van der Waals surface area contributed by atoms with Crippen molar-refractivity contribution in [3.05, 3.63) is 29.3 Å². The van der Waals surface area contributed by atoms with Crippen LogP contribution in [0.4, 0.5) is 0 Å². The van der Waals surface area contributed by atoms with Crippen molar-refractivity contribution >= 4 is 17.5 Å². The molecule has 1 fully saturated rings. The lowest BCUT2D eigenvalue weighted by molar-refractivity contribution is -0.122. The van der Waals surface area contributed by atoms with Gasteiger partial charge in [-0.2, -0.15) is 0 Å². The van der Waals surface area contributed by atoms with E-state index in [1.807, 2.05) is 17.0 Å². The maximum Gasteiger partial charge on any atom is 0.234 e. The maximum absolute atomic E-state index is 11.3. The van der Waals surface area contributed by atoms with E-state index in [1.165, 1.54) is 0 Å². The van der Waals surface area contributed by atoms with Crippen LogP contribution in [0.15, 0.2) is 24.3 Å². The number of aliphatic hydroxyl groups is 1. The maximum atomic E-state index is 11.3. The quantitative estimate of drug-likeness (QED) is 0.769. The Kier molecular flexibility index (Phi) is 5.23. The fourth-order valence-electron chi connectivity index (χ4n) is 2.41. The number of aliphatic hydroxyl groups excluding tert-OH is 1. The second kappa shape index (κ2) is 6.92. The van der Waals surface area contributed by atoms with Crippen molar-refractivity contribution in [1.29, 1.82) is 0 Å². The number of ether oxygens (including phenoxy) is 1. The van der Waals surface area contributed by atoms with Crippen molar-refractivity contribution in [2.75, 3.05) is 19.7 Å². The second-order valence-electron chi connectivity index (χ2n) is 4.96. The van der Waals surface area contributed by atoms with E-state index >= 15 is 0 Å². The van der Waals surface area contributed by atoms with Crippen LogP contribution >= 0.6 is 11.6 Å². The predicted octanol–water partition coefficient (Wildman–Crippen LogP) is 1.03. The second-order valence-corrected chi connectivity index (χ2v) is 5.39. The minimum atomic E-state index is -0.468. The number of β-amino-alcohol motifs (C(OH)–C–C–N with tert-alkyl or cyclic N) is 1. The van der Waals surface area contributed by atoms with Crippen LogP contribution in [0.25, 0.3) is 0 Å². The van der Waals surface area contributed by atoms with Gasteiger partial charge in [-0.05, 0) is 37.1 Å². The molecule has 5 nitrogen and oxygen atoms in total. The summed E-state index contributed by atoms with van der Waals surface area (Å²) in [6.07, 6.45) is 0.719. The minimum Gasteiger partial charge on any atom is -0.494 e. The van der Waals surface area contributed by atoms with Gasteiger partial charge in [0.1, 0.15) is 5.75 Å². The first kappa shape index (κ1) is 15.1. The Hall–Kier alpha value is -1.30. The van der Waals surface area contributed by atoms with Crippen LogP contribution in [-0.2, 0) is 4.79 Å². The Balaban J connectivity index is 1.72. The van der Waals surface area contributed by atoms with E-state index in [4.69, 9.17) is 22.1 Å². The zero-order chi connectivity index (χ0) is 14.5. The van der Waals surface area contributed by atoms with Crippen LogP contribution < -0.4 is 10.5 Å². The first-order valence-corrected chi connectivity index (χ1v) is 7.04. The topological polar surface area (TPSA) is 75.8 Å². The van der Waals surface area contributed by atoms with E-state index < -0.39 is 6.10 Å². The van der Waals surface area contributed by atoms with Gasteiger partial charge in [0.25, 0.3) is 0 Å². The largest absolute Gasteiger partial charge is 0.494 e. The number of nitrogens with two attached hydrogens (primary N) is 1. The van der Waals surface area contributed by atoms with Gasteiger partial charge in [0.15, 0.2) is 0 Å². The number of carbonyl (C=O) groups is 1. The highest BCUT2D eigenvalue weighted by Crippen LogP contribution is 2.18. The zero-order valence-corrected chi connectivity index (χ0v) is 11.9. The molecule has 110 valence electrons. The molecule has 1 saturated heterocycles. The molecule has 0 saturated carbocycles. The van der Waals surface area contributed by atoms with Crippen LogP contribution in [0.2, 0.25) is 5.02 Å². The van der Waals surface area contributed by atoms with Gasteiger partial charge in [-0.1, -0.05) is 11.6 Å². The first-order chi connectivity index (χ1) is 9.56. The lowest BCUT2D eigenvalue weighted by Crippen LogP contribution is -2.41. The summed E-state index contributed by atoms with van der Waals surface area (Å²) in [7, 11) is 0. The van der Waals surface area contributed by atoms with Crippen molar-refractivity contribution in [3.8, 4) is 5.75 Å². The highest BCUT2D eigenvalue weighted by Gasteiger charge is 2.33. The van der Waals surface area contributed by atoms with Gasteiger partial charge in [-0.25, -0.2) is 0 Å². The summed E-state index contributed by atoms with van der Waals surface area (Å²) in [5.74, 6) is 0.391. The molecular formula is C14H19ClN2O3. The van der Waals surface area contributed by atoms with Gasteiger partial charge < -0.3 is 15.6 Å². The zero-order valence-electron chi connectivity index (χ0n) is 11.2. The molecule has 1 aliphatic heterocycles. The fourth-order valence-corrected chi connectivity index (χ4v) is 2.54. The molecule has 1 aromatic rings. The highest BCUT2D eigenvalue weighted by molar-refractivity contribution is 6.30. The lowest BCUT2D eigenvalue weighted by Gasteiger charge is -2.21. The van der Waals surface area contributed by atoms with Crippen molar-refractivity contribution in [1.82, 2.24) is 4.90 Å². The fraction of sp³-hybridized carbons (Fsp3) is 0.500. The third kappa shape index (κ3) is 4.10. The molecule has 20 heavy (non-hydrogen) atoms. The molecular weight excluding hydrogens is 280 g/mol. The van der Waals surface area contributed by atoms with Crippen molar-refractivity contribution in [3.63, 3.8) is 0 Å². The third-order valence-electron chi connectivity index (χ3n) is 3.38. The predicted molar refractivity (Wildman–Crippen MR) is 76.7 cm³/mol. The molecule has 6 heteroatoms. The van der Waals surface area contributed by atoms with Crippen LogP contribution in [0.3, 0.4) is 0 Å². The molecule has 2 rings (SSSR count). The van der Waals surface area contributed by atoms with Gasteiger partial charge in [0.05, 0.1) is 18.8 Å². The molecule has 0 radical (unpaired) electrons. The number of benzene rings is 1. The molecule has 1 heterocycles. The summed E-state index contributed by atoms with van der Waals surface area (Å²) < 4.78 is 5.58. The number of carbonyl (C=O) groups excluding carboxylic acids is 1. The number of rotatable bonds is 6. The molecule has 0 unspecified atom stereocenters. The summed E-state index contributed by atoms with van der Waals surface area (Å²) in [5, 5.41) is 10.3. The molecule has 2 atom stereocenters. The van der Waals surface area contributed by atoms with Crippen LogP contribution in [-0.4, -0.2) is 47.8 Å². The Labute approximate surface area is 123 Å². The van der Waals surface area contributed by atoms with Crippen molar-refractivity contribution in [2.24, 2.45) is 5.73 Å². The Morgan fingerprint density at radius 2 is 2.15 bits per heavy atom. The SMILES string of the molecule is NC(=O)[C@@H]1C[C@H](O)CN1CCCOc1ccc(Cl)cc1. The summed E-state index contributed by atoms with van der Waals surface area (Å²) in [5.41, 5.74) is 5.32. The van der Waals surface area contributed by atoms with E-state index in [2.05, 4.69) is 0 Å². The number of amides is 1. The number of halogens is 1. The standard InChI is InChI=1S/C14H19ClN2O3/c15-10-2-4-12(5-3-10)20-7-1-6-17-9-11(18)8-13(17)14(16)19/h2-5,11,13,18H,1,6-9H2,(H2,16,19)/t11-,13-/m0/s1. The molecule has 1 amide bonds. The van der Waals surface area contributed by atoms with Crippen LogP contribution in [0.5, 0.6) is 5.75 Å². The molecule has 1 aromatic carbocycles. The first-order valence-electron chi connectivity index (χ1n) is 6.66. The smallest absolute Gasteiger partial charge is 0.234 e. The Bertz CT molecular complexity index is 452. The number of nitrogens with zero attached hydrogens (tertiary/aromatic N) is 1. The van der Waals surface area contributed by atoms with E-state index in [1.54, 1.807) is 12.1 Å². The number of hydrogen-bond acceptors (Lipinski definition) is 4. The summed E-state index contributed by atoms with van der Waals surface area (Å²) in [6, 6.07) is 6.82. The molecule has 0 aliphatic carbocycles. The summed E-state index contributed by atoms with van der Waals surface area (Å²) >= 11 is 5.79. The van der Waals surface area contributed by atoms with Crippen LogP contribution in [0.1, 0.15) is 12.8 Å². The molecule has 1 aliphatic rings. The average molecular weight is 299 g/mol. The average Bonchev–Trinajstić information content (AvgIpc) is 2.78. The number of likely N-dealkylation sites (tertiary alicyclic amines) is 1. The third-order valence-corrected chi connectivity index (χ3v) is 3.63. The highest BCUT2D eigenvalue weighted by atomic mass is 35.5. The van der Waals surface area contributed by atoms with E-state index in [0.29, 0.717) is 31.1 Å². The number of primary amides is 1. The van der Waals surface area contributed by atoms with Gasteiger partial charge in [-0.15, -0.1) is 0 Å². The van der Waals surface area contributed by atoms with Gasteiger partial charge in [0.2, 0.25) is 5.91 Å². The van der Waals surface area contributed by atoms with E-state index in [9.17, 15) is 9.90 Å². The van der Waals surface area contributed by atoms with Crippen LogP contribution in [0, 0.1) is 0 Å². The van der Waals surface area contributed by atoms with Gasteiger partial charge in [0, 0.05) is 18.1 Å². The van der Waals surface area contributed by atoms with E-state index in [0.717, 1.165) is 12.2 Å². The van der Waals surface area contributed by atoms with Gasteiger partial charge in [-0.3, -0.25) is 9.69 Å². The normalized spacial score (nSPS) is 22.9. The molecule has 0 spiro atoms. The number of hydrogen-bond donors (Lipinski definition) is 2. The summed E-state index contributed by atoms with van der Waals surface area (Å²) in [4.78, 5) is 13.2. The summed E-state index contributed by atoms with van der Waals surface area (Å²) in [6.45, 7) is 1.71. The minimum absolute atomic E-state index is 0.361. The lowest BCUT2D eigenvalue weighted by atomic mass is 10.2. The monoisotopic (exact) mass is 298 g/mol. The Morgan fingerprint density at radius 1 is 1.45 bits per heavy atom. The molecule has 0 aromatic heterocycles. The Morgan fingerprint density at radius 3 is 2.80 bits per heavy atom. The van der Waals surface area contributed by atoms with Crippen molar-refractivity contribution in [2.45, 2.75) is 25.0 Å².